The Bertz CT molecular complexity index is 893. The van der Waals surface area contributed by atoms with E-state index in [1.807, 2.05) is 24.3 Å². The van der Waals surface area contributed by atoms with E-state index in [9.17, 15) is 4.79 Å². The molecule has 0 bridgehead atoms. The van der Waals surface area contributed by atoms with Crippen molar-refractivity contribution in [3.63, 3.8) is 0 Å². The fourth-order valence-electron chi connectivity index (χ4n) is 2.96. The molecule has 24 heavy (non-hydrogen) atoms. The molecule has 0 unspecified atom stereocenters. The van der Waals surface area contributed by atoms with E-state index in [2.05, 4.69) is 19.0 Å². The quantitative estimate of drug-likeness (QED) is 0.790. The highest BCUT2D eigenvalue weighted by molar-refractivity contribution is 7.00. The first kappa shape index (κ1) is 15.0. The third-order valence-electron chi connectivity index (χ3n) is 4.11. The van der Waals surface area contributed by atoms with Crippen LogP contribution in [0.15, 0.2) is 30.5 Å². The summed E-state index contributed by atoms with van der Waals surface area (Å²) in [5.41, 5.74) is 4.38. The average Bonchev–Trinajstić information content (AvgIpc) is 3.10. The van der Waals surface area contributed by atoms with Gasteiger partial charge in [0.25, 0.3) is 5.91 Å². The predicted molar refractivity (Wildman–Crippen MR) is 92.4 cm³/mol. The van der Waals surface area contributed by atoms with E-state index in [0.717, 1.165) is 59.9 Å². The van der Waals surface area contributed by atoms with Crippen LogP contribution >= 0.6 is 11.7 Å². The van der Waals surface area contributed by atoms with Gasteiger partial charge in [-0.2, -0.15) is 8.75 Å². The van der Waals surface area contributed by atoms with E-state index >= 15 is 0 Å². The van der Waals surface area contributed by atoms with Crippen molar-refractivity contribution >= 4 is 34.4 Å². The zero-order chi connectivity index (χ0) is 16.4. The van der Waals surface area contributed by atoms with E-state index in [1.54, 1.807) is 6.20 Å². The van der Waals surface area contributed by atoms with Gasteiger partial charge in [0.2, 0.25) is 0 Å². The maximum atomic E-state index is 12.2. The lowest BCUT2D eigenvalue weighted by Gasteiger charge is -2.18. The lowest BCUT2D eigenvalue weighted by molar-refractivity contribution is -0.118. The van der Waals surface area contributed by atoms with Crippen LogP contribution in [0, 0.1) is 0 Å². The van der Waals surface area contributed by atoms with E-state index in [4.69, 9.17) is 4.74 Å². The number of carbonyl (C=O) groups is 1. The normalized spacial score (nSPS) is 13.5. The van der Waals surface area contributed by atoms with Gasteiger partial charge < -0.3 is 10.1 Å². The van der Waals surface area contributed by atoms with Crippen LogP contribution in [0.5, 0.6) is 5.75 Å². The number of ether oxygens (including phenoxy) is 1. The van der Waals surface area contributed by atoms with Crippen LogP contribution in [0.3, 0.4) is 0 Å². The molecule has 0 spiro atoms. The molecule has 7 heteroatoms. The number of nitrogens with zero attached hydrogens (tertiary/aromatic N) is 3. The van der Waals surface area contributed by atoms with Gasteiger partial charge in [-0.05, 0) is 43.9 Å². The number of hydrogen-bond acceptors (Lipinski definition) is 6. The minimum Gasteiger partial charge on any atom is -0.483 e. The van der Waals surface area contributed by atoms with Gasteiger partial charge in [-0.25, -0.2) is 0 Å². The number of benzene rings is 1. The monoisotopic (exact) mass is 340 g/mol. The van der Waals surface area contributed by atoms with Crippen LogP contribution in [0.2, 0.25) is 0 Å². The van der Waals surface area contributed by atoms with Gasteiger partial charge >= 0.3 is 0 Å². The number of carbonyl (C=O) groups excluding carboxylic acids is 1. The Balaban J connectivity index is 1.45. The molecule has 1 aliphatic carbocycles. The molecule has 0 saturated heterocycles. The number of amides is 1. The van der Waals surface area contributed by atoms with Crippen molar-refractivity contribution in [1.82, 2.24) is 13.7 Å². The van der Waals surface area contributed by atoms with Crippen molar-refractivity contribution in [3.8, 4) is 5.75 Å². The maximum Gasteiger partial charge on any atom is 0.262 e. The Morgan fingerprint density at radius 3 is 3.08 bits per heavy atom. The zero-order valence-electron chi connectivity index (χ0n) is 13.0. The van der Waals surface area contributed by atoms with Crippen LogP contribution in [-0.4, -0.2) is 26.2 Å². The number of rotatable bonds is 4. The minimum atomic E-state index is -0.211. The maximum absolute atomic E-state index is 12.2. The average molecular weight is 340 g/mol. The van der Waals surface area contributed by atoms with Crippen molar-refractivity contribution in [1.29, 1.82) is 0 Å². The van der Waals surface area contributed by atoms with Gasteiger partial charge in [0.15, 0.2) is 6.61 Å². The summed E-state index contributed by atoms with van der Waals surface area (Å²) in [6.07, 6.45) is 6.00. The van der Waals surface area contributed by atoms with Gasteiger partial charge in [-0.15, -0.1) is 0 Å². The number of aryl methyl sites for hydroxylation is 1. The molecule has 0 fully saturated rings. The summed E-state index contributed by atoms with van der Waals surface area (Å²) in [6.45, 7) is -0.0373. The van der Waals surface area contributed by atoms with Gasteiger partial charge in [0, 0.05) is 17.5 Å². The number of aromatic nitrogens is 3. The van der Waals surface area contributed by atoms with Crippen LogP contribution < -0.4 is 10.1 Å². The number of anilines is 1. The first-order valence-electron chi connectivity index (χ1n) is 7.92. The molecule has 122 valence electrons. The summed E-state index contributed by atoms with van der Waals surface area (Å²) in [6, 6.07) is 7.37. The third kappa shape index (κ3) is 2.94. The third-order valence-corrected chi connectivity index (χ3v) is 4.65. The molecule has 0 aliphatic heterocycles. The largest absolute Gasteiger partial charge is 0.483 e. The lowest BCUT2D eigenvalue weighted by Crippen LogP contribution is -2.21. The van der Waals surface area contributed by atoms with E-state index in [-0.39, 0.29) is 12.5 Å². The SMILES string of the molecule is O=C(COc1ccnc2c1CCCC2)Nc1cccc2nsnc12. The first-order valence-corrected chi connectivity index (χ1v) is 8.65. The summed E-state index contributed by atoms with van der Waals surface area (Å²) in [7, 11) is 0. The number of fused-ring (bicyclic) bond motifs is 2. The summed E-state index contributed by atoms with van der Waals surface area (Å²) < 4.78 is 14.1. The highest BCUT2D eigenvalue weighted by Crippen LogP contribution is 2.28. The second-order valence-electron chi connectivity index (χ2n) is 5.72. The number of hydrogen-bond donors (Lipinski definition) is 1. The fourth-order valence-corrected chi connectivity index (χ4v) is 3.51. The molecule has 0 radical (unpaired) electrons. The standard InChI is InChI=1S/C17H16N4O2S/c22-16(19-13-6-3-7-14-17(13)21-24-20-14)10-23-15-8-9-18-12-5-2-1-4-11(12)15/h3,6-9H,1-2,4-5,10H2,(H,19,22). The van der Waals surface area contributed by atoms with Gasteiger partial charge in [-0.1, -0.05) is 6.07 Å². The molecule has 1 aliphatic rings. The number of nitrogens with one attached hydrogen (secondary N) is 1. The predicted octanol–water partition coefficient (Wildman–Crippen LogP) is 2.98. The van der Waals surface area contributed by atoms with E-state index < -0.39 is 0 Å². The molecule has 4 rings (SSSR count). The number of pyridine rings is 1. The Morgan fingerprint density at radius 2 is 2.12 bits per heavy atom. The molecule has 0 saturated carbocycles. The Morgan fingerprint density at radius 1 is 1.21 bits per heavy atom. The molecule has 1 amide bonds. The molecular weight excluding hydrogens is 324 g/mol. The Kier molecular flexibility index (Phi) is 4.08. The van der Waals surface area contributed by atoms with Crippen LogP contribution in [-0.2, 0) is 17.6 Å². The fraction of sp³-hybridized carbons (Fsp3) is 0.294. The summed E-state index contributed by atoms with van der Waals surface area (Å²) >= 11 is 1.13. The topological polar surface area (TPSA) is 77.0 Å². The smallest absolute Gasteiger partial charge is 0.262 e. The molecule has 3 aromatic rings. The second kappa shape index (κ2) is 6.52. The summed E-state index contributed by atoms with van der Waals surface area (Å²) in [5.74, 6) is 0.556. The lowest BCUT2D eigenvalue weighted by atomic mass is 9.95. The van der Waals surface area contributed by atoms with Gasteiger partial charge in [0.05, 0.1) is 17.4 Å². The first-order chi connectivity index (χ1) is 11.8. The van der Waals surface area contributed by atoms with Crippen LogP contribution in [0.4, 0.5) is 5.69 Å². The van der Waals surface area contributed by atoms with Crippen LogP contribution in [0.1, 0.15) is 24.1 Å². The summed E-state index contributed by atoms with van der Waals surface area (Å²) in [4.78, 5) is 16.6. The van der Waals surface area contributed by atoms with E-state index in [1.165, 1.54) is 0 Å². The van der Waals surface area contributed by atoms with E-state index in [0.29, 0.717) is 11.2 Å². The van der Waals surface area contributed by atoms with Crippen molar-refractivity contribution in [2.24, 2.45) is 0 Å². The minimum absolute atomic E-state index is 0.0373. The second-order valence-corrected chi connectivity index (χ2v) is 6.24. The van der Waals surface area contributed by atoms with Crippen molar-refractivity contribution in [2.45, 2.75) is 25.7 Å². The molecule has 1 N–H and O–H groups in total. The van der Waals surface area contributed by atoms with Crippen molar-refractivity contribution in [3.05, 3.63) is 41.7 Å². The van der Waals surface area contributed by atoms with Crippen LogP contribution in [0.25, 0.3) is 11.0 Å². The molecule has 2 heterocycles. The van der Waals surface area contributed by atoms with Crippen molar-refractivity contribution < 1.29 is 9.53 Å². The molecule has 2 aromatic heterocycles. The van der Waals surface area contributed by atoms with Gasteiger partial charge in [0.1, 0.15) is 16.8 Å². The Labute approximate surface area is 143 Å². The highest BCUT2D eigenvalue weighted by Gasteiger charge is 2.16. The Hall–Kier alpha value is -2.54. The van der Waals surface area contributed by atoms with Crippen molar-refractivity contribution in [2.75, 3.05) is 11.9 Å². The molecule has 0 atom stereocenters. The van der Waals surface area contributed by atoms with Gasteiger partial charge in [-0.3, -0.25) is 9.78 Å². The molecular formula is C17H16N4O2S. The molecule has 1 aromatic carbocycles. The summed E-state index contributed by atoms with van der Waals surface area (Å²) in [5, 5.41) is 2.85. The zero-order valence-corrected chi connectivity index (χ0v) is 13.8. The highest BCUT2D eigenvalue weighted by atomic mass is 32.1. The molecule has 6 nitrogen and oxygen atoms in total.